The zero-order chi connectivity index (χ0) is 17.4. The summed E-state index contributed by atoms with van der Waals surface area (Å²) in [5.74, 6) is -0.355. The average molecular weight is 325 g/mol. The van der Waals surface area contributed by atoms with E-state index in [4.69, 9.17) is 5.26 Å². The van der Waals surface area contributed by atoms with Gasteiger partial charge in [0.15, 0.2) is 0 Å². The van der Waals surface area contributed by atoms with Gasteiger partial charge in [-0.15, -0.1) is 0 Å². The second-order valence-corrected chi connectivity index (χ2v) is 5.54. The molecule has 0 heterocycles. The van der Waals surface area contributed by atoms with Crippen LogP contribution >= 0.6 is 0 Å². The van der Waals surface area contributed by atoms with Gasteiger partial charge in [0.25, 0.3) is 0 Å². The van der Waals surface area contributed by atoms with Crippen LogP contribution in [0.5, 0.6) is 0 Å². The van der Waals surface area contributed by atoms with E-state index in [0.29, 0.717) is 25.2 Å². The van der Waals surface area contributed by atoms with Crippen molar-refractivity contribution < 1.29 is 9.18 Å². The third kappa shape index (κ3) is 5.49. The Morgan fingerprint density at radius 1 is 1.17 bits per heavy atom. The predicted octanol–water partition coefficient (Wildman–Crippen LogP) is 2.84. The van der Waals surface area contributed by atoms with Gasteiger partial charge in [0.1, 0.15) is 5.82 Å². The smallest absolute Gasteiger partial charge is 0.234 e. The Balaban J connectivity index is 2.11. The number of carbonyl (C=O) groups excluding carboxylic acids is 1. The molecule has 24 heavy (non-hydrogen) atoms. The molecule has 0 aromatic heterocycles. The van der Waals surface area contributed by atoms with E-state index < -0.39 is 0 Å². The number of rotatable bonds is 7. The number of hydrogen-bond donors (Lipinski definition) is 1. The minimum atomic E-state index is -0.288. The van der Waals surface area contributed by atoms with Gasteiger partial charge in [0.2, 0.25) is 5.91 Å². The summed E-state index contributed by atoms with van der Waals surface area (Å²) in [7, 11) is 0. The molecule has 0 saturated carbocycles. The molecule has 0 bridgehead atoms. The first-order chi connectivity index (χ1) is 11.6. The number of benzene rings is 2. The van der Waals surface area contributed by atoms with E-state index in [1.807, 2.05) is 30.0 Å². The Bertz CT molecular complexity index is 722. The number of nitrogens with zero attached hydrogens (tertiary/aromatic N) is 2. The molecule has 0 aliphatic carbocycles. The molecular weight excluding hydrogens is 305 g/mol. The molecule has 0 unspecified atom stereocenters. The van der Waals surface area contributed by atoms with E-state index in [1.165, 1.54) is 12.1 Å². The molecule has 1 N–H and O–H groups in total. The van der Waals surface area contributed by atoms with Gasteiger partial charge in [-0.3, -0.25) is 9.69 Å². The van der Waals surface area contributed by atoms with Gasteiger partial charge in [0.05, 0.1) is 18.2 Å². The highest BCUT2D eigenvalue weighted by Crippen LogP contribution is 2.12. The van der Waals surface area contributed by atoms with Crippen LogP contribution in [0.4, 0.5) is 4.39 Å². The zero-order valence-electron chi connectivity index (χ0n) is 13.6. The monoisotopic (exact) mass is 325 g/mol. The van der Waals surface area contributed by atoms with Crippen LogP contribution in [0.25, 0.3) is 0 Å². The summed E-state index contributed by atoms with van der Waals surface area (Å²) in [6.07, 6.45) is 0. The lowest BCUT2D eigenvalue weighted by molar-refractivity contribution is -0.122. The number of nitrogens with one attached hydrogen (secondary N) is 1. The van der Waals surface area contributed by atoms with E-state index in [9.17, 15) is 9.18 Å². The Hall–Kier alpha value is -2.71. The van der Waals surface area contributed by atoms with Crippen LogP contribution in [-0.2, 0) is 17.9 Å². The SMILES string of the molecule is CCNC(=O)CN(Cc1ccc(C#N)cc1)Cc1cccc(F)c1. The van der Waals surface area contributed by atoms with Gasteiger partial charge >= 0.3 is 0 Å². The standard InChI is InChI=1S/C19H20FN3O/c1-2-22-19(24)14-23(13-17-4-3-5-18(20)10-17)12-16-8-6-15(11-21)7-9-16/h3-10H,2,12-14H2,1H3,(H,22,24). The van der Waals surface area contributed by atoms with E-state index in [-0.39, 0.29) is 18.3 Å². The van der Waals surface area contributed by atoms with Crippen LogP contribution in [0.15, 0.2) is 48.5 Å². The molecule has 2 rings (SSSR count). The Morgan fingerprint density at radius 2 is 1.88 bits per heavy atom. The second-order valence-electron chi connectivity index (χ2n) is 5.54. The van der Waals surface area contributed by atoms with E-state index in [1.54, 1.807) is 18.2 Å². The molecule has 4 nitrogen and oxygen atoms in total. The summed E-state index contributed by atoms with van der Waals surface area (Å²) in [5, 5.41) is 11.6. The molecule has 2 aromatic rings. The fourth-order valence-corrected chi connectivity index (χ4v) is 2.46. The van der Waals surface area contributed by atoms with Crippen molar-refractivity contribution in [3.8, 4) is 6.07 Å². The van der Waals surface area contributed by atoms with Crippen molar-refractivity contribution in [1.29, 1.82) is 5.26 Å². The molecule has 5 heteroatoms. The molecule has 0 atom stereocenters. The van der Waals surface area contributed by atoms with E-state index >= 15 is 0 Å². The van der Waals surface area contributed by atoms with Crippen molar-refractivity contribution >= 4 is 5.91 Å². The molecule has 0 saturated heterocycles. The van der Waals surface area contributed by atoms with Gasteiger partial charge in [-0.05, 0) is 42.3 Å². The van der Waals surface area contributed by atoms with Crippen molar-refractivity contribution in [2.45, 2.75) is 20.0 Å². The molecule has 1 amide bonds. The highest BCUT2D eigenvalue weighted by Gasteiger charge is 2.12. The maximum absolute atomic E-state index is 13.4. The first kappa shape index (κ1) is 17.6. The van der Waals surface area contributed by atoms with Crippen molar-refractivity contribution in [1.82, 2.24) is 10.2 Å². The fourth-order valence-electron chi connectivity index (χ4n) is 2.46. The number of halogens is 1. The molecule has 0 aliphatic rings. The topological polar surface area (TPSA) is 56.1 Å². The fraction of sp³-hybridized carbons (Fsp3) is 0.263. The molecule has 0 radical (unpaired) electrons. The molecule has 0 fully saturated rings. The van der Waals surface area contributed by atoms with Crippen LogP contribution in [-0.4, -0.2) is 23.9 Å². The van der Waals surface area contributed by atoms with Crippen LogP contribution in [0, 0.1) is 17.1 Å². The quantitative estimate of drug-likeness (QED) is 0.851. The second kappa shape index (κ2) is 8.80. The summed E-state index contributed by atoms with van der Waals surface area (Å²) >= 11 is 0. The molecule has 124 valence electrons. The lowest BCUT2D eigenvalue weighted by Crippen LogP contribution is -2.36. The first-order valence-corrected chi connectivity index (χ1v) is 7.83. The maximum atomic E-state index is 13.4. The number of hydrogen-bond acceptors (Lipinski definition) is 3. The van der Waals surface area contributed by atoms with Crippen molar-refractivity contribution in [2.75, 3.05) is 13.1 Å². The van der Waals surface area contributed by atoms with Gasteiger partial charge in [0, 0.05) is 19.6 Å². The summed E-state index contributed by atoms with van der Waals surface area (Å²) in [5.41, 5.74) is 2.40. The Labute approximate surface area is 141 Å². The normalized spacial score (nSPS) is 10.4. The number of likely N-dealkylation sites (N-methyl/N-ethyl adjacent to an activating group) is 1. The van der Waals surface area contributed by atoms with Crippen molar-refractivity contribution in [2.24, 2.45) is 0 Å². The molecule has 2 aromatic carbocycles. The van der Waals surface area contributed by atoms with Gasteiger partial charge in [-0.2, -0.15) is 5.26 Å². The highest BCUT2D eigenvalue weighted by atomic mass is 19.1. The van der Waals surface area contributed by atoms with Crippen LogP contribution in [0.1, 0.15) is 23.6 Å². The third-order valence-electron chi connectivity index (χ3n) is 3.53. The van der Waals surface area contributed by atoms with Crippen LogP contribution in [0.3, 0.4) is 0 Å². The summed E-state index contributed by atoms with van der Waals surface area (Å²) in [6, 6.07) is 15.7. The molecule has 0 aliphatic heterocycles. The van der Waals surface area contributed by atoms with Gasteiger partial charge in [-0.1, -0.05) is 24.3 Å². The Kier molecular flexibility index (Phi) is 6.47. The zero-order valence-corrected chi connectivity index (χ0v) is 13.6. The largest absolute Gasteiger partial charge is 0.355 e. The van der Waals surface area contributed by atoms with Crippen molar-refractivity contribution in [3.05, 3.63) is 71.0 Å². The summed E-state index contributed by atoms with van der Waals surface area (Å²) in [4.78, 5) is 13.9. The Morgan fingerprint density at radius 3 is 2.50 bits per heavy atom. The van der Waals surface area contributed by atoms with Gasteiger partial charge < -0.3 is 5.32 Å². The predicted molar refractivity (Wildman–Crippen MR) is 90.4 cm³/mol. The highest BCUT2D eigenvalue weighted by molar-refractivity contribution is 5.77. The van der Waals surface area contributed by atoms with E-state index in [0.717, 1.165) is 11.1 Å². The summed E-state index contributed by atoms with van der Waals surface area (Å²) < 4.78 is 13.4. The minimum Gasteiger partial charge on any atom is -0.355 e. The number of nitriles is 1. The number of carbonyl (C=O) groups is 1. The lowest BCUT2D eigenvalue weighted by atomic mass is 10.1. The van der Waals surface area contributed by atoms with Crippen molar-refractivity contribution in [3.63, 3.8) is 0 Å². The third-order valence-corrected chi connectivity index (χ3v) is 3.53. The lowest BCUT2D eigenvalue weighted by Gasteiger charge is -2.22. The molecular formula is C19H20FN3O. The maximum Gasteiger partial charge on any atom is 0.234 e. The summed E-state index contributed by atoms with van der Waals surface area (Å²) in [6.45, 7) is 3.68. The minimum absolute atomic E-state index is 0.0671. The number of amides is 1. The first-order valence-electron chi connectivity index (χ1n) is 7.83. The van der Waals surface area contributed by atoms with Crippen LogP contribution < -0.4 is 5.32 Å². The van der Waals surface area contributed by atoms with Crippen LogP contribution in [0.2, 0.25) is 0 Å². The average Bonchev–Trinajstić information content (AvgIpc) is 2.55. The van der Waals surface area contributed by atoms with E-state index in [2.05, 4.69) is 11.4 Å². The molecule has 0 spiro atoms. The van der Waals surface area contributed by atoms with Gasteiger partial charge in [-0.25, -0.2) is 4.39 Å².